The number of ether oxygens (including phenoxy) is 1. The molecule has 2 rings (SSSR count). The predicted octanol–water partition coefficient (Wildman–Crippen LogP) is 2.02. The van der Waals surface area contributed by atoms with Gasteiger partial charge in [-0.1, -0.05) is 0 Å². The zero-order chi connectivity index (χ0) is 12.1. The van der Waals surface area contributed by atoms with Gasteiger partial charge in [0.25, 0.3) is 0 Å². The first-order chi connectivity index (χ1) is 8.20. The first kappa shape index (κ1) is 13.3. The molecule has 0 unspecified atom stereocenters. The number of hydrogen-bond donors (Lipinski definition) is 1. The second-order valence-corrected chi connectivity index (χ2v) is 6.02. The molecule has 0 radical (unpaired) electrons. The highest BCUT2D eigenvalue weighted by Crippen LogP contribution is 2.38. The van der Waals surface area contributed by atoms with Gasteiger partial charge < -0.3 is 15.0 Å². The minimum absolute atomic E-state index is 0.244. The van der Waals surface area contributed by atoms with Crippen molar-refractivity contribution >= 4 is 0 Å². The molecule has 0 spiro atoms. The molecule has 0 aliphatic heterocycles. The standard InChI is InChI=1S/C14H28N2O/c1-16(2)11-4-12-17-14(7-3-8-14)9-10-15-13-5-6-13/h13,15H,3-12H2,1-2H3. The second-order valence-electron chi connectivity index (χ2n) is 6.02. The third-order valence-electron chi connectivity index (χ3n) is 4.01. The lowest BCUT2D eigenvalue weighted by molar-refractivity contribution is -0.105. The molecular formula is C14H28N2O. The largest absolute Gasteiger partial charge is 0.375 e. The van der Waals surface area contributed by atoms with Gasteiger partial charge in [0, 0.05) is 12.6 Å². The van der Waals surface area contributed by atoms with E-state index in [1.165, 1.54) is 38.5 Å². The summed E-state index contributed by atoms with van der Waals surface area (Å²) in [5, 5.41) is 3.60. The lowest BCUT2D eigenvalue weighted by Crippen LogP contribution is -2.43. The van der Waals surface area contributed by atoms with Gasteiger partial charge in [-0.25, -0.2) is 0 Å². The van der Waals surface area contributed by atoms with Crippen molar-refractivity contribution in [1.29, 1.82) is 0 Å². The highest BCUT2D eigenvalue weighted by Gasteiger charge is 2.37. The molecule has 2 aliphatic carbocycles. The monoisotopic (exact) mass is 240 g/mol. The van der Waals surface area contributed by atoms with Crippen LogP contribution in [0.2, 0.25) is 0 Å². The van der Waals surface area contributed by atoms with Crippen LogP contribution in [0, 0.1) is 0 Å². The quantitative estimate of drug-likeness (QED) is 0.624. The van der Waals surface area contributed by atoms with Crippen LogP contribution in [0.3, 0.4) is 0 Å². The van der Waals surface area contributed by atoms with E-state index in [1.54, 1.807) is 0 Å². The maximum absolute atomic E-state index is 6.15. The van der Waals surface area contributed by atoms with Gasteiger partial charge in [0.05, 0.1) is 5.60 Å². The summed E-state index contributed by atoms with van der Waals surface area (Å²) in [5.41, 5.74) is 0.244. The van der Waals surface area contributed by atoms with Crippen LogP contribution in [0.4, 0.5) is 0 Å². The summed E-state index contributed by atoms with van der Waals surface area (Å²) in [7, 11) is 4.25. The van der Waals surface area contributed by atoms with Crippen LogP contribution in [0.1, 0.15) is 44.9 Å². The van der Waals surface area contributed by atoms with E-state index in [-0.39, 0.29) is 5.60 Å². The fourth-order valence-electron chi connectivity index (χ4n) is 2.50. The van der Waals surface area contributed by atoms with Crippen molar-refractivity contribution in [3.63, 3.8) is 0 Å². The van der Waals surface area contributed by atoms with Crippen molar-refractivity contribution in [1.82, 2.24) is 10.2 Å². The fourth-order valence-corrected chi connectivity index (χ4v) is 2.50. The molecule has 1 N–H and O–H groups in total. The molecule has 100 valence electrons. The van der Waals surface area contributed by atoms with Crippen molar-refractivity contribution in [3.05, 3.63) is 0 Å². The lowest BCUT2D eigenvalue weighted by atomic mass is 9.77. The van der Waals surface area contributed by atoms with Crippen LogP contribution in [-0.4, -0.2) is 50.3 Å². The Bertz CT molecular complexity index is 222. The fraction of sp³-hybridized carbons (Fsp3) is 1.00. The highest BCUT2D eigenvalue weighted by atomic mass is 16.5. The highest BCUT2D eigenvalue weighted by molar-refractivity contribution is 4.91. The molecule has 0 aromatic rings. The minimum Gasteiger partial charge on any atom is -0.375 e. The van der Waals surface area contributed by atoms with Crippen LogP contribution in [-0.2, 0) is 4.74 Å². The van der Waals surface area contributed by atoms with Crippen molar-refractivity contribution in [3.8, 4) is 0 Å². The van der Waals surface area contributed by atoms with Gasteiger partial charge in [0.2, 0.25) is 0 Å². The van der Waals surface area contributed by atoms with Crippen LogP contribution in [0.15, 0.2) is 0 Å². The van der Waals surface area contributed by atoms with Crippen molar-refractivity contribution in [2.24, 2.45) is 0 Å². The topological polar surface area (TPSA) is 24.5 Å². The van der Waals surface area contributed by atoms with Crippen molar-refractivity contribution < 1.29 is 4.74 Å². The molecule has 2 saturated carbocycles. The van der Waals surface area contributed by atoms with Crippen LogP contribution >= 0.6 is 0 Å². The summed E-state index contributed by atoms with van der Waals surface area (Å²) >= 11 is 0. The molecule has 17 heavy (non-hydrogen) atoms. The third-order valence-corrected chi connectivity index (χ3v) is 4.01. The number of rotatable bonds is 9. The molecule has 3 heteroatoms. The van der Waals surface area contributed by atoms with E-state index in [1.807, 2.05) is 0 Å². The molecular weight excluding hydrogens is 212 g/mol. The SMILES string of the molecule is CN(C)CCCOC1(CCNC2CC2)CCC1. The van der Waals surface area contributed by atoms with Crippen molar-refractivity contribution in [2.75, 3.05) is 33.8 Å². The number of hydrogen-bond acceptors (Lipinski definition) is 3. The first-order valence-corrected chi connectivity index (χ1v) is 7.22. The molecule has 3 nitrogen and oxygen atoms in total. The van der Waals surface area contributed by atoms with E-state index in [9.17, 15) is 0 Å². The zero-order valence-corrected chi connectivity index (χ0v) is 11.5. The van der Waals surface area contributed by atoms with Gasteiger partial charge in [-0.05, 0) is 72.1 Å². The maximum atomic E-state index is 6.15. The smallest absolute Gasteiger partial charge is 0.0694 e. The average molecular weight is 240 g/mol. The average Bonchev–Trinajstić information content (AvgIpc) is 3.02. The summed E-state index contributed by atoms with van der Waals surface area (Å²) in [4.78, 5) is 2.23. The second kappa shape index (κ2) is 6.17. The van der Waals surface area contributed by atoms with Gasteiger partial charge >= 0.3 is 0 Å². The van der Waals surface area contributed by atoms with Gasteiger partial charge in [0.15, 0.2) is 0 Å². The Hall–Kier alpha value is -0.120. The lowest BCUT2D eigenvalue weighted by Gasteiger charge is -2.42. The summed E-state index contributed by atoms with van der Waals surface area (Å²) < 4.78 is 6.15. The molecule has 0 atom stereocenters. The summed E-state index contributed by atoms with van der Waals surface area (Å²) in [6.45, 7) is 3.22. The number of nitrogens with one attached hydrogen (secondary N) is 1. The third kappa shape index (κ3) is 4.57. The molecule has 0 aromatic heterocycles. The predicted molar refractivity (Wildman–Crippen MR) is 71.3 cm³/mol. The maximum Gasteiger partial charge on any atom is 0.0694 e. The minimum atomic E-state index is 0.244. The molecule has 2 aliphatic rings. The van der Waals surface area contributed by atoms with E-state index < -0.39 is 0 Å². The first-order valence-electron chi connectivity index (χ1n) is 7.22. The summed E-state index contributed by atoms with van der Waals surface area (Å²) in [6, 6.07) is 0.834. The molecule has 0 saturated heterocycles. The van der Waals surface area contributed by atoms with E-state index in [2.05, 4.69) is 24.3 Å². The Kier molecular flexibility index (Phi) is 4.83. The van der Waals surface area contributed by atoms with Gasteiger partial charge in [0.1, 0.15) is 0 Å². The zero-order valence-electron chi connectivity index (χ0n) is 11.5. The Balaban J connectivity index is 1.56. The summed E-state index contributed by atoms with van der Waals surface area (Å²) in [5.74, 6) is 0. The Morgan fingerprint density at radius 3 is 2.59 bits per heavy atom. The Morgan fingerprint density at radius 2 is 2.06 bits per heavy atom. The molecule has 0 bridgehead atoms. The Labute approximate surface area is 106 Å². The molecule has 0 amide bonds. The van der Waals surface area contributed by atoms with E-state index >= 15 is 0 Å². The number of nitrogens with zero attached hydrogens (tertiary/aromatic N) is 1. The van der Waals surface area contributed by atoms with Crippen LogP contribution in [0.5, 0.6) is 0 Å². The molecule has 0 aromatic carbocycles. The van der Waals surface area contributed by atoms with E-state index in [0.717, 1.165) is 32.2 Å². The Morgan fingerprint density at radius 1 is 1.29 bits per heavy atom. The van der Waals surface area contributed by atoms with Crippen molar-refractivity contribution in [2.45, 2.75) is 56.6 Å². The summed E-state index contributed by atoms with van der Waals surface area (Å²) in [6.07, 6.45) is 9.06. The van der Waals surface area contributed by atoms with Gasteiger partial charge in [-0.2, -0.15) is 0 Å². The van der Waals surface area contributed by atoms with Crippen LogP contribution in [0.25, 0.3) is 0 Å². The van der Waals surface area contributed by atoms with Gasteiger partial charge in [-0.3, -0.25) is 0 Å². The normalized spacial score (nSPS) is 22.8. The van der Waals surface area contributed by atoms with Gasteiger partial charge in [-0.15, -0.1) is 0 Å². The van der Waals surface area contributed by atoms with E-state index in [0.29, 0.717) is 0 Å². The van der Waals surface area contributed by atoms with E-state index in [4.69, 9.17) is 4.74 Å². The molecule has 0 heterocycles. The molecule has 2 fully saturated rings. The van der Waals surface area contributed by atoms with Crippen LogP contribution < -0.4 is 5.32 Å².